The molecular formula is C24H39NO3S. The van der Waals surface area contributed by atoms with Crippen molar-refractivity contribution in [2.75, 3.05) is 11.9 Å². The Morgan fingerprint density at radius 1 is 0.897 bits per heavy atom. The molecule has 2 rings (SSSR count). The number of aryl methyl sites for hydroxylation is 1. The van der Waals surface area contributed by atoms with Gasteiger partial charge < -0.3 is 10.1 Å². The maximum atomic E-state index is 12.7. The zero-order valence-electron chi connectivity index (χ0n) is 18.4. The number of amides is 1. The first kappa shape index (κ1) is 23.9. The molecule has 0 spiro atoms. The fourth-order valence-electron chi connectivity index (χ4n) is 3.92. The van der Waals surface area contributed by atoms with Crippen LogP contribution in [0.2, 0.25) is 0 Å². The van der Waals surface area contributed by atoms with E-state index in [-0.39, 0.29) is 11.9 Å². The lowest BCUT2D eigenvalue weighted by Gasteiger charge is -2.09. The molecule has 0 radical (unpaired) electrons. The zero-order chi connectivity index (χ0) is 20.9. The number of hydrogen-bond donors (Lipinski definition) is 1. The molecule has 1 aliphatic rings. The monoisotopic (exact) mass is 421 g/mol. The molecule has 164 valence electrons. The van der Waals surface area contributed by atoms with Gasteiger partial charge in [0.25, 0.3) is 0 Å². The van der Waals surface area contributed by atoms with Gasteiger partial charge in [-0.25, -0.2) is 4.79 Å². The highest BCUT2D eigenvalue weighted by molar-refractivity contribution is 7.17. The topological polar surface area (TPSA) is 55.4 Å². The number of unbranched alkanes of at least 4 members (excludes halogenated alkanes) is 7. The summed E-state index contributed by atoms with van der Waals surface area (Å²) < 4.78 is 5.43. The highest BCUT2D eigenvalue weighted by atomic mass is 32.1. The lowest BCUT2D eigenvalue weighted by molar-refractivity contribution is -0.116. The number of anilines is 1. The van der Waals surface area contributed by atoms with Crippen LogP contribution in [0.4, 0.5) is 5.00 Å². The van der Waals surface area contributed by atoms with Crippen LogP contribution in [0.15, 0.2) is 0 Å². The van der Waals surface area contributed by atoms with Crippen LogP contribution in [-0.4, -0.2) is 18.5 Å². The van der Waals surface area contributed by atoms with Crippen LogP contribution in [0, 0.1) is 0 Å². The number of hydrogen-bond acceptors (Lipinski definition) is 4. The van der Waals surface area contributed by atoms with Crippen molar-refractivity contribution in [3.63, 3.8) is 0 Å². The van der Waals surface area contributed by atoms with E-state index in [1.165, 1.54) is 49.8 Å². The average Bonchev–Trinajstić information content (AvgIpc) is 2.88. The quantitative estimate of drug-likeness (QED) is 0.211. The number of carbonyl (C=O) groups excluding carboxylic acids is 2. The lowest BCUT2D eigenvalue weighted by Crippen LogP contribution is -2.15. The Morgan fingerprint density at radius 3 is 2.31 bits per heavy atom. The van der Waals surface area contributed by atoms with E-state index < -0.39 is 0 Å². The molecule has 1 N–H and O–H groups in total. The average molecular weight is 422 g/mol. The van der Waals surface area contributed by atoms with Crippen molar-refractivity contribution < 1.29 is 14.3 Å². The van der Waals surface area contributed by atoms with Crippen LogP contribution in [0.1, 0.15) is 118 Å². The first-order valence-electron chi connectivity index (χ1n) is 11.8. The minimum absolute atomic E-state index is 0.0249. The van der Waals surface area contributed by atoms with Crippen molar-refractivity contribution in [3.8, 4) is 0 Å². The van der Waals surface area contributed by atoms with Gasteiger partial charge in [-0.2, -0.15) is 0 Å². The third-order valence-corrected chi connectivity index (χ3v) is 6.78. The molecule has 1 aromatic rings. The van der Waals surface area contributed by atoms with E-state index in [1.54, 1.807) is 11.3 Å². The predicted octanol–water partition coefficient (Wildman–Crippen LogP) is 7.05. The first-order chi connectivity index (χ1) is 14.2. The van der Waals surface area contributed by atoms with E-state index in [1.807, 2.05) is 6.92 Å². The van der Waals surface area contributed by atoms with E-state index >= 15 is 0 Å². The van der Waals surface area contributed by atoms with Crippen molar-refractivity contribution in [3.05, 3.63) is 16.0 Å². The molecule has 1 aliphatic carbocycles. The molecule has 0 bridgehead atoms. The van der Waals surface area contributed by atoms with E-state index in [2.05, 4.69) is 12.2 Å². The van der Waals surface area contributed by atoms with E-state index in [0.29, 0.717) is 23.6 Å². The highest BCUT2D eigenvalue weighted by Gasteiger charge is 2.26. The Balaban J connectivity index is 1.88. The van der Waals surface area contributed by atoms with Gasteiger partial charge in [0.2, 0.25) is 5.91 Å². The lowest BCUT2D eigenvalue weighted by atomic mass is 10.1. The second-order valence-electron chi connectivity index (χ2n) is 8.18. The number of fused-ring (bicyclic) bond motifs is 1. The standard InChI is InChI=1S/C24H39NO3S/c1-3-5-6-7-8-9-10-14-17-21(26)25-23-22(24(27)28-18-4-2)19-15-12-11-13-16-20(19)29-23/h3-18H2,1-2H3,(H,25,26). The Labute approximate surface area is 180 Å². The number of ether oxygens (including phenoxy) is 1. The SMILES string of the molecule is CCCCCCCCCCC(=O)Nc1sc2c(c1C(=O)OCCC)CCCCC2. The van der Waals surface area contributed by atoms with E-state index in [4.69, 9.17) is 4.74 Å². The normalized spacial score (nSPS) is 13.6. The van der Waals surface area contributed by atoms with Crippen molar-refractivity contribution in [1.29, 1.82) is 0 Å². The minimum Gasteiger partial charge on any atom is -0.462 e. The fraction of sp³-hybridized carbons (Fsp3) is 0.750. The predicted molar refractivity (Wildman–Crippen MR) is 122 cm³/mol. The van der Waals surface area contributed by atoms with Crippen molar-refractivity contribution >= 4 is 28.2 Å². The minimum atomic E-state index is -0.270. The largest absolute Gasteiger partial charge is 0.462 e. The maximum absolute atomic E-state index is 12.7. The van der Waals surface area contributed by atoms with Gasteiger partial charge in [0, 0.05) is 11.3 Å². The molecule has 0 atom stereocenters. The zero-order valence-corrected chi connectivity index (χ0v) is 19.3. The van der Waals surface area contributed by atoms with Gasteiger partial charge in [0.1, 0.15) is 5.00 Å². The molecular weight excluding hydrogens is 382 g/mol. The molecule has 5 heteroatoms. The number of esters is 1. The molecule has 0 aliphatic heterocycles. The van der Waals surface area contributed by atoms with Gasteiger partial charge in [-0.15, -0.1) is 11.3 Å². The summed E-state index contributed by atoms with van der Waals surface area (Å²) in [5.41, 5.74) is 1.75. The van der Waals surface area contributed by atoms with Crippen molar-refractivity contribution in [2.24, 2.45) is 0 Å². The third-order valence-electron chi connectivity index (χ3n) is 5.57. The smallest absolute Gasteiger partial charge is 0.341 e. The Morgan fingerprint density at radius 2 is 1.59 bits per heavy atom. The summed E-state index contributed by atoms with van der Waals surface area (Å²) in [7, 11) is 0. The van der Waals surface area contributed by atoms with Gasteiger partial charge in [0.15, 0.2) is 0 Å². The molecule has 0 aromatic carbocycles. The Hall–Kier alpha value is -1.36. The number of rotatable bonds is 13. The first-order valence-corrected chi connectivity index (χ1v) is 12.6. The molecule has 1 amide bonds. The number of nitrogens with one attached hydrogen (secondary N) is 1. The molecule has 29 heavy (non-hydrogen) atoms. The summed E-state index contributed by atoms with van der Waals surface area (Å²) in [4.78, 5) is 26.4. The fourth-order valence-corrected chi connectivity index (χ4v) is 5.22. The van der Waals surface area contributed by atoms with Gasteiger partial charge in [-0.1, -0.05) is 65.2 Å². The molecule has 4 nitrogen and oxygen atoms in total. The van der Waals surface area contributed by atoms with Gasteiger partial charge in [-0.05, 0) is 44.1 Å². The summed E-state index contributed by atoms with van der Waals surface area (Å²) in [6.45, 7) is 4.65. The molecule has 0 unspecified atom stereocenters. The van der Waals surface area contributed by atoms with Gasteiger partial charge in [0.05, 0.1) is 12.2 Å². The second-order valence-corrected chi connectivity index (χ2v) is 9.28. The number of thiophene rings is 1. The van der Waals surface area contributed by atoms with Crippen LogP contribution in [0.5, 0.6) is 0 Å². The second kappa shape index (κ2) is 13.8. The van der Waals surface area contributed by atoms with Crippen LogP contribution < -0.4 is 5.32 Å². The van der Waals surface area contributed by atoms with Crippen LogP contribution in [-0.2, 0) is 22.4 Å². The van der Waals surface area contributed by atoms with E-state index in [9.17, 15) is 9.59 Å². The summed E-state index contributed by atoms with van der Waals surface area (Å²) in [6, 6.07) is 0. The molecule has 1 aromatic heterocycles. The Bertz CT molecular complexity index is 638. The summed E-state index contributed by atoms with van der Waals surface area (Å²) in [5, 5.41) is 3.75. The third kappa shape index (κ3) is 8.12. The maximum Gasteiger partial charge on any atom is 0.341 e. The summed E-state index contributed by atoms with van der Waals surface area (Å²) in [6.07, 6.45) is 16.4. The highest BCUT2D eigenvalue weighted by Crippen LogP contribution is 2.38. The molecule has 0 saturated heterocycles. The van der Waals surface area contributed by atoms with Gasteiger partial charge in [-0.3, -0.25) is 4.79 Å². The van der Waals surface area contributed by atoms with Crippen LogP contribution in [0.25, 0.3) is 0 Å². The molecule has 0 fully saturated rings. The van der Waals surface area contributed by atoms with E-state index in [0.717, 1.165) is 50.5 Å². The summed E-state index contributed by atoms with van der Waals surface area (Å²) >= 11 is 1.59. The molecule has 1 heterocycles. The molecule has 0 saturated carbocycles. The van der Waals surface area contributed by atoms with Crippen LogP contribution >= 0.6 is 11.3 Å². The number of carbonyl (C=O) groups is 2. The van der Waals surface area contributed by atoms with Crippen molar-refractivity contribution in [1.82, 2.24) is 0 Å². The van der Waals surface area contributed by atoms with Crippen LogP contribution in [0.3, 0.4) is 0 Å². The van der Waals surface area contributed by atoms with Crippen molar-refractivity contribution in [2.45, 2.75) is 110 Å². The Kier molecular flexibility index (Phi) is 11.4. The summed E-state index contributed by atoms with van der Waals surface area (Å²) in [5.74, 6) is -0.245. The van der Waals surface area contributed by atoms with Gasteiger partial charge >= 0.3 is 5.97 Å².